The first kappa shape index (κ1) is 16.3. The molecular weight excluding hydrogens is 300 g/mol. The molecule has 5 nitrogen and oxygen atoms in total. The lowest BCUT2D eigenvalue weighted by Crippen LogP contribution is -2.20. The number of nitrogens with one attached hydrogen (secondary N) is 1. The number of ether oxygens (including phenoxy) is 2. The van der Waals surface area contributed by atoms with Crippen molar-refractivity contribution in [1.29, 1.82) is 5.26 Å². The summed E-state index contributed by atoms with van der Waals surface area (Å²) < 4.78 is 10.4. The molecule has 0 saturated carbocycles. The highest BCUT2D eigenvalue weighted by atomic mass is 32.1. The van der Waals surface area contributed by atoms with Crippen LogP contribution in [0.2, 0.25) is 0 Å². The third-order valence-corrected chi connectivity index (χ3v) is 4.12. The van der Waals surface area contributed by atoms with Crippen molar-refractivity contribution in [3.63, 3.8) is 0 Å². The molecule has 22 heavy (non-hydrogen) atoms. The van der Waals surface area contributed by atoms with Crippen molar-refractivity contribution in [3.8, 4) is 17.6 Å². The molecule has 1 aromatic carbocycles. The number of nitrogens with zero attached hydrogens (tertiary/aromatic N) is 1. The fraction of sp³-hybridized carbons (Fsp3) is 0.312. The van der Waals surface area contributed by atoms with Gasteiger partial charge in [0.05, 0.1) is 25.9 Å². The second-order valence-electron chi connectivity index (χ2n) is 4.71. The minimum atomic E-state index is -0.667. The average molecular weight is 318 g/mol. The van der Waals surface area contributed by atoms with Crippen molar-refractivity contribution in [2.75, 3.05) is 20.8 Å². The van der Waals surface area contributed by atoms with Crippen LogP contribution in [0.1, 0.15) is 22.1 Å². The molecule has 116 valence electrons. The molecule has 0 spiro atoms. The van der Waals surface area contributed by atoms with Crippen molar-refractivity contribution < 1.29 is 14.6 Å². The zero-order valence-corrected chi connectivity index (χ0v) is 13.3. The van der Waals surface area contributed by atoms with Crippen LogP contribution in [0.4, 0.5) is 0 Å². The SMILES string of the molecule is COc1cc(OC)cc(C(O)CNCc2cc(C#N)cs2)c1. The number of rotatable bonds is 7. The third-order valence-electron chi connectivity index (χ3n) is 3.18. The Kier molecular flexibility index (Phi) is 5.78. The maximum absolute atomic E-state index is 10.3. The molecule has 0 saturated heterocycles. The Labute approximate surface area is 133 Å². The van der Waals surface area contributed by atoms with E-state index in [1.807, 2.05) is 11.4 Å². The van der Waals surface area contributed by atoms with Crippen LogP contribution in [0, 0.1) is 11.3 Å². The molecule has 1 aromatic heterocycles. The lowest BCUT2D eigenvalue weighted by Gasteiger charge is -2.14. The van der Waals surface area contributed by atoms with Gasteiger partial charge >= 0.3 is 0 Å². The van der Waals surface area contributed by atoms with Crippen molar-refractivity contribution in [1.82, 2.24) is 5.32 Å². The molecule has 0 aliphatic heterocycles. The molecule has 0 radical (unpaired) electrons. The van der Waals surface area contributed by atoms with E-state index in [9.17, 15) is 5.11 Å². The van der Waals surface area contributed by atoms with Gasteiger partial charge < -0.3 is 19.9 Å². The number of benzene rings is 1. The second-order valence-corrected chi connectivity index (χ2v) is 5.70. The normalized spacial score (nSPS) is 11.7. The Balaban J connectivity index is 1.94. The largest absolute Gasteiger partial charge is 0.497 e. The number of aliphatic hydroxyl groups is 1. The van der Waals surface area contributed by atoms with Crippen LogP contribution in [0.25, 0.3) is 0 Å². The zero-order chi connectivity index (χ0) is 15.9. The Bertz CT molecular complexity index is 641. The van der Waals surface area contributed by atoms with Crippen molar-refractivity contribution >= 4 is 11.3 Å². The van der Waals surface area contributed by atoms with Crippen LogP contribution in [-0.2, 0) is 6.54 Å². The van der Waals surface area contributed by atoms with Gasteiger partial charge in [0.1, 0.15) is 17.6 Å². The number of hydrogen-bond donors (Lipinski definition) is 2. The Hall–Kier alpha value is -2.07. The van der Waals surface area contributed by atoms with Gasteiger partial charge in [-0.05, 0) is 23.8 Å². The average Bonchev–Trinajstić information content (AvgIpc) is 3.02. The van der Waals surface area contributed by atoms with E-state index >= 15 is 0 Å². The molecule has 1 unspecified atom stereocenters. The summed E-state index contributed by atoms with van der Waals surface area (Å²) in [5.41, 5.74) is 1.40. The predicted molar refractivity (Wildman–Crippen MR) is 85.2 cm³/mol. The highest BCUT2D eigenvalue weighted by Gasteiger charge is 2.11. The smallest absolute Gasteiger partial charge is 0.122 e. The van der Waals surface area contributed by atoms with Gasteiger partial charge in [0.25, 0.3) is 0 Å². The van der Waals surface area contributed by atoms with Crippen molar-refractivity contribution in [2.24, 2.45) is 0 Å². The third kappa shape index (κ3) is 4.21. The highest BCUT2D eigenvalue weighted by molar-refractivity contribution is 7.10. The van der Waals surface area contributed by atoms with Gasteiger partial charge in [0, 0.05) is 29.4 Å². The molecular formula is C16H18N2O3S. The Morgan fingerprint density at radius 1 is 1.23 bits per heavy atom. The van der Waals surface area contributed by atoms with E-state index < -0.39 is 6.10 Å². The number of aliphatic hydroxyl groups excluding tert-OH is 1. The van der Waals surface area contributed by atoms with Crippen molar-refractivity contribution in [3.05, 3.63) is 45.6 Å². The summed E-state index contributed by atoms with van der Waals surface area (Å²) in [4.78, 5) is 1.06. The van der Waals surface area contributed by atoms with E-state index in [2.05, 4.69) is 11.4 Å². The highest BCUT2D eigenvalue weighted by Crippen LogP contribution is 2.26. The summed E-state index contributed by atoms with van der Waals surface area (Å²) in [5, 5.41) is 24.1. The summed E-state index contributed by atoms with van der Waals surface area (Å²) in [6, 6.07) is 9.28. The number of nitriles is 1. The monoisotopic (exact) mass is 318 g/mol. The van der Waals surface area contributed by atoms with Crippen LogP contribution in [-0.4, -0.2) is 25.9 Å². The zero-order valence-electron chi connectivity index (χ0n) is 12.5. The molecule has 2 aromatic rings. The maximum Gasteiger partial charge on any atom is 0.122 e. The molecule has 2 N–H and O–H groups in total. The first-order chi connectivity index (χ1) is 10.7. The Morgan fingerprint density at radius 3 is 2.45 bits per heavy atom. The van der Waals surface area contributed by atoms with Gasteiger partial charge in [-0.15, -0.1) is 11.3 Å². The molecule has 0 amide bonds. The van der Waals surface area contributed by atoms with Crippen LogP contribution >= 0.6 is 11.3 Å². The van der Waals surface area contributed by atoms with E-state index in [-0.39, 0.29) is 0 Å². The molecule has 0 aliphatic rings. The van der Waals surface area contributed by atoms with E-state index in [0.29, 0.717) is 30.2 Å². The quantitative estimate of drug-likeness (QED) is 0.820. The lowest BCUT2D eigenvalue weighted by molar-refractivity contribution is 0.173. The van der Waals surface area contributed by atoms with Crippen LogP contribution < -0.4 is 14.8 Å². The minimum absolute atomic E-state index is 0.399. The van der Waals surface area contributed by atoms with Crippen LogP contribution in [0.3, 0.4) is 0 Å². The van der Waals surface area contributed by atoms with Gasteiger partial charge in [-0.1, -0.05) is 0 Å². The summed E-state index contributed by atoms with van der Waals surface area (Å²) in [6.07, 6.45) is -0.667. The fourth-order valence-corrected chi connectivity index (χ4v) is 2.78. The lowest BCUT2D eigenvalue weighted by atomic mass is 10.1. The minimum Gasteiger partial charge on any atom is -0.497 e. The second kappa shape index (κ2) is 7.80. The summed E-state index contributed by atoms with van der Waals surface area (Å²) >= 11 is 1.53. The summed E-state index contributed by atoms with van der Waals surface area (Å²) in [7, 11) is 3.15. The summed E-state index contributed by atoms with van der Waals surface area (Å²) in [5.74, 6) is 1.29. The molecule has 2 rings (SSSR count). The van der Waals surface area contributed by atoms with E-state index in [0.717, 1.165) is 10.4 Å². The first-order valence-electron chi connectivity index (χ1n) is 6.75. The van der Waals surface area contributed by atoms with E-state index in [4.69, 9.17) is 14.7 Å². The molecule has 6 heteroatoms. The van der Waals surface area contributed by atoms with Crippen LogP contribution in [0.15, 0.2) is 29.6 Å². The van der Waals surface area contributed by atoms with Gasteiger partial charge in [-0.3, -0.25) is 0 Å². The molecule has 0 aliphatic carbocycles. The molecule has 1 heterocycles. The molecule has 0 fully saturated rings. The predicted octanol–water partition coefficient (Wildman–Crippen LogP) is 2.46. The van der Waals surface area contributed by atoms with Crippen molar-refractivity contribution in [2.45, 2.75) is 12.6 Å². The first-order valence-corrected chi connectivity index (χ1v) is 7.63. The maximum atomic E-state index is 10.3. The topological polar surface area (TPSA) is 74.5 Å². The van der Waals surface area contributed by atoms with Gasteiger partial charge in [-0.25, -0.2) is 0 Å². The fourth-order valence-electron chi connectivity index (χ4n) is 2.00. The number of thiophene rings is 1. The molecule has 1 atom stereocenters. The van der Waals surface area contributed by atoms with E-state index in [1.54, 1.807) is 32.4 Å². The standard InChI is InChI=1S/C16H18N2O3S/c1-20-13-4-12(5-14(6-13)21-2)16(19)9-18-8-15-3-11(7-17)10-22-15/h3-6,10,16,18-19H,8-9H2,1-2H3. The van der Waals surface area contributed by atoms with E-state index in [1.165, 1.54) is 11.3 Å². The number of hydrogen-bond acceptors (Lipinski definition) is 6. The van der Waals surface area contributed by atoms with Gasteiger partial charge in [0.2, 0.25) is 0 Å². The number of methoxy groups -OCH3 is 2. The van der Waals surface area contributed by atoms with Gasteiger partial charge in [-0.2, -0.15) is 5.26 Å². The van der Waals surface area contributed by atoms with Crippen LogP contribution in [0.5, 0.6) is 11.5 Å². The molecule has 0 bridgehead atoms. The van der Waals surface area contributed by atoms with Gasteiger partial charge in [0.15, 0.2) is 0 Å². The summed E-state index contributed by atoms with van der Waals surface area (Å²) in [6.45, 7) is 1.01. The Morgan fingerprint density at radius 2 is 1.91 bits per heavy atom.